The molecule has 0 aromatic heterocycles. The highest BCUT2D eigenvalue weighted by molar-refractivity contribution is 7.86. The molecule has 0 atom stereocenters. The van der Waals surface area contributed by atoms with E-state index in [0.29, 0.717) is 17.8 Å². The Labute approximate surface area is 164 Å². The van der Waals surface area contributed by atoms with Crippen LogP contribution < -0.4 is 0 Å². The second kappa shape index (κ2) is 7.02. The first-order valence-corrected chi connectivity index (χ1v) is 11.0. The number of alkyl halides is 2. The lowest BCUT2D eigenvalue weighted by atomic mass is 9.46. The quantitative estimate of drug-likeness (QED) is 0.365. The molecule has 4 fully saturated rings. The number of ether oxygens (including phenoxy) is 2. The molecule has 0 saturated heterocycles. The zero-order valence-corrected chi connectivity index (χ0v) is 17.1. The normalized spacial score (nSPS) is 32.4. The largest absolute Gasteiger partial charge is 0.456 e. The summed E-state index contributed by atoms with van der Waals surface area (Å²) >= 11 is 0. The Morgan fingerprint density at radius 2 is 1.61 bits per heavy atom. The summed E-state index contributed by atoms with van der Waals surface area (Å²) in [4.78, 5) is 12.4. The predicted molar refractivity (Wildman–Crippen MR) is 97.2 cm³/mol. The summed E-state index contributed by atoms with van der Waals surface area (Å²) in [6.07, 6.45) is 6.86. The van der Waals surface area contributed by atoms with E-state index in [-0.39, 0.29) is 11.0 Å². The van der Waals surface area contributed by atoms with Crippen molar-refractivity contribution in [3.8, 4) is 0 Å². The third-order valence-corrected chi connectivity index (χ3v) is 7.75. The van der Waals surface area contributed by atoms with E-state index in [9.17, 15) is 22.0 Å². The molecule has 6 nitrogen and oxygen atoms in total. The summed E-state index contributed by atoms with van der Waals surface area (Å²) in [5.74, 6) is 1.30. The lowest BCUT2D eigenvalue weighted by Gasteiger charge is -2.61. The molecule has 0 unspecified atom stereocenters. The van der Waals surface area contributed by atoms with Crippen LogP contribution in [-0.4, -0.2) is 43.0 Å². The molecule has 9 heteroatoms. The number of esters is 1. The van der Waals surface area contributed by atoms with E-state index < -0.39 is 40.2 Å². The maximum Gasteiger partial charge on any atom is 0.392 e. The van der Waals surface area contributed by atoms with Crippen molar-refractivity contribution >= 4 is 16.1 Å². The van der Waals surface area contributed by atoms with Crippen LogP contribution in [0.15, 0.2) is 12.2 Å². The van der Waals surface area contributed by atoms with E-state index >= 15 is 0 Å². The van der Waals surface area contributed by atoms with Crippen LogP contribution in [0.2, 0.25) is 0 Å². The van der Waals surface area contributed by atoms with Gasteiger partial charge in [-0.05, 0) is 70.1 Å². The smallest absolute Gasteiger partial charge is 0.392 e. The first kappa shape index (κ1) is 21.6. The van der Waals surface area contributed by atoms with Crippen molar-refractivity contribution in [2.45, 2.75) is 63.2 Å². The minimum Gasteiger partial charge on any atom is -0.456 e. The van der Waals surface area contributed by atoms with Crippen LogP contribution in [0.1, 0.15) is 52.4 Å². The Hall–Kier alpha value is -1.06. The summed E-state index contributed by atoms with van der Waals surface area (Å²) in [6, 6.07) is 0. The molecule has 0 amide bonds. The Kier molecular flexibility index (Phi) is 5.43. The first-order chi connectivity index (χ1) is 12.7. The van der Waals surface area contributed by atoms with Gasteiger partial charge in [0.05, 0.1) is 12.2 Å². The Balaban J connectivity index is 1.57. The van der Waals surface area contributed by atoms with Crippen molar-refractivity contribution in [1.82, 2.24) is 0 Å². The van der Waals surface area contributed by atoms with Gasteiger partial charge in [-0.15, -0.1) is 0 Å². The fourth-order valence-corrected chi connectivity index (χ4v) is 5.92. The molecule has 4 rings (SSSR count). The van der Waals surface area contributed by atoms with E-state index in [0.717, 1.165) is 19.3 Å². The molecule has 4 bridgehead atoms. The van der Waals surface area contributed by atoms with E-state index in [1.54, 1.807) is 0 Å². The van der Waals surface area contributed by atoms with Crippen LogP contribution in [-0.2, 0) is 24.4 Å². The minimum absolute atomic E-state index is 0.0729. The standard InChI is InChI=1S/C19H28F2O6S/c1-12(10-26-11-19(20,21)28(23,24)25)16(22)27-17(2,3)18-7-13-4-14(8-18)6-15(5-13)9-18/h13-15H,1,4-11H2,2-3H3,(H,23,24,25). The van der Waals surface area contributed by atoms with Crippen LogP contribution >= 0.6 is 0 Å². The van der Waals surface area contributed by atoms with Crippen LogP contribution in [0.3, 0.4) is 0 Å². The summed E-state index contributed by atoms with van der Waals surface area (Å²) in [7, 11) is -5.58. The molecule has 0 aliphatic heterocycles. The molecule has 0 aromatic carbocycles. The molecular formula is C19H28F2O6S. The highest BCUT2D eigenvalue weighted by Crippen LogP contribution is 2.64. The summed E-state index contributed by atoms with van der Waals surface area (Å²) in [6.45, 7) is 5.13. The monoisotopic (exact) mass is 422 g/mol. The Bertz CT molecular complexity index is 723. The minimum atomic E-state index is -5.58. The maximum absolute atomic E-state index is 13.2. The summed E-state index contributed by atoms with van der Waals surface area (Å²) in [5.41, 5.74) is -0.971. The van der Waals surface area contributed by atoms with Crippen molar-refractivity contribution < 1.29 is 36.0 Å². The van der Waals surface area contributed by atoms with Crippen molar-refractivity contribution in [3.63, 3.8) is 0 Å². The molecule has 4 aliphatic carbocycles. The van der Waals surface area contributed by atoms with Crippen molar-refractivity contribution in [3.05, 3.63) is 12.2 Å². The van der Waals surface area contributed by atoms with Gasteiger partial charge in [0.15, 0.2) is 0 Å². The predicted octanol–water partition coefficient (Wildman–Crippen LogP) is 3.58. The van der Waals surface area contributed by atoms with Crippen LogP contribution in [0.25, 0.3) is 0 Å². The molecule has 28 heavy (non-hydrogen) atoms. The molecule has 0 aromatic rings. The first-order valence-electron chi connectivity index (χ1n) is 9.58. The number of hydrogen-bond donors (Lipinski definition) is 1. The van der Waals surface area contributed by atoms with Crippen molar-refractivity contribution in [2.24, 2.45) is 23.2 Å². The molecule has 4 saturated carbocycles. The number of hydrogen-bond acceptors (Lipinski definition) is 5. The average molecular weight is 422 g/mol. The molecular weight excluding hydrogens is 394 g/mol. The Morgan fingerprint density at radius 1 is 1.14 bits per heavy atom. The van der Waals surface area contributed by atoms with Gasteiger partial charge in [-0.25, -0.2) is 4.79 Å². The highest BCUT2D eigenvalue weighted by Gasteiger charge is 2.58. The SMILES string of the molecule is C=C(COCC(F)(F)S(=O)(=O)O)C(=O)OC(C)(C)C12CC3CC(CC(C3)C1)C2. The van der Waals surface area contributed by atoms with Gasteiger partial charge < -0.3 is 9.47 Å². The number of halogens is 2. The van der Waals surface area contributed by atoms with Crippen molar-refractivity contribution in [1.29, 1.82) is 0 Å². The second-order valence-electron chi connectivity index (χ2n) is 9.31. The second-order valence-corrected chi connectivity index (χ2v) is 10.9. The highest BCUT2D eigenvalue weighted by atomic mass is 32.2. The van der Waals surface area contributed by atoms with Crippen LogP contribution in [0, 0.1) is 23.2 Å². The fourth-order valence-electron chi connectivity index (χ4n) is 5.69. The third kappa shape index (κ3) is 3.98. The van der Waals surface area contributed by atoms with Gasteiger partial charge in [0.25, 0.3) is 0 Å². The van der Waals surface area contributed by atoms with Crippen LogP contribution in [0.4, 0.5) is 8.78 Å². The van der Waals surface area contributed by atoms with Gasteiger partial charge >= 0.3 is 21.3 Å². The molecule has 1 N–H and O–H groups in total. The van der Waals surface area contributed by atoms with Gasteiger partial charge in [0, 0.05) is 5.41 Å². The fraction of sp³-hybridized carbons (Fsp3) is 0.842. The average Bonchev–Trinajstić information content (AvgIpc) is 2.51. The topological polar surface area (TPSA) is 89.9 Å². The molecule has 160 valence electrons. The summed E-state index contributed by atoms with van der Waals surface area (Å²) < 4.78 is 66.3. The molecule has 4 aliphatic rings. The lowest BCUT2D eigenvalue weighted by molar-refractivity contribution is -0.195. The van der Waals surface area contributed by atoms with E-state index in [2.05, 4.69) is 11.3 Å². The van der Waals surface area contributed by atoms with Gasteiger partial charge in [0.2, 0.25) is 0 Å². The van der Waals surface area contributed by atoms with Crippen LogP contribution in [0.5, 0.6) is 0 Å². The number of rotatable bonds is 8. The number of carbonyl (C=O) groups is 1. The van der Waals surface area contributed by atoms with E-state index in [4.69, 9.17) is 9.29 Å². The van der Waals surface area contributed by atoms with E-state index in [1.165, 1.54) is 19.3 Å². The van der Waals surface area contributed by atoms with Gasteiger partial charge in [-0.1, -0.05) is 6.58 Å². The van der Waals surface area contributed by atoms with Gasteiger partial charge in [0.1, 0.15) is 12.2 Å². The Morgan fingerprint density at radius 3 is 2.04 bits per heavy atom. The zero-order valence-electron chi connectivity index (χ0n) is 16.2. The number of carbonyl (C=O) groups excluding carboxylic acids is 1. The maximum atomic E-state index is 13.2. The summed E-state index contributed by atoms with van der Waals surface area (Å²) in [5, 5.41) is -4.45. The molecule has 0 heterocycles. The van der Waals surface area contributed by atoms with Gasteiger partial charge in [-0.3, -0.25) is 4.55 Å². The zero-order chi connectivity index (χ0) is 21.0. The van der Waals surface area contributed by atoms with E-state index in [1.807, 2.05) is 13.8 Å². The van der Waals surface area contributed by atoms with Crippen molar-refractivity contribution in [2.75, 3.05) is 13.2 Å². The molecule has 0 radical (unpaired) electrons. The lowest BCUT2D eigenvalue weighted by Crippen LogP contribution is -2.57. The third-order valence-electron chi connectivity index (χ3n) is 6.88. The van der Waals surface area contributed by atoms with Gasteiger partial charge in [-0.2, -0.15) is 17.2 Å². The molecule has 0 spiro atoms.